The third kappa shape index (κ3) is 5.69. The first-order chi connectivity index (χ1) is 16.1. The molecule has 1 aliphatic carbocycles. The Morgan fingerprint density at radius 3 is 2.29 bits per heavy atom. The molecule has 1 aliphatic heterocycles. The van der Waals surface area contributed by atoms with Crippen LogP contribution >= 0.6 is 23.2 Å². The van der Waals surface area contributed by atoms with Crippen molar-refractivity contribution in [1.82, 2.24) is 0 Å². The van der Waals surface area contributed by atoms with Crippen LogP contribution in [0.2, 0.25) is 10.0 Å². The third-order valence-electron chi connectivity index (χ3n) is 6.72. The first-order valence-electron chi connectivity index (χ1n) is 11.0. The number of hydrogen-bond acceptors (Lipinski definition) is 4. The molecule has 1 spiro atoms. The number of halogens is 5. The summed E-state index contributed by atoms with van der Waals surface area (Å²) in [6, 6.07) is 10.5. The zero-order valence-corrected chi connectivity index (χ0v) is 20.0. The van der Waals surface area contributed by atoms with Gasteiger partial charge in [-0.15, -0.1) is 13.2 Å². The number of ether oxygens (including phenoxy) is 2. The topological polar surface area (TPSA) is 47.9 Å². The lowest BCUT2D eigenvalue weighted by atomic mass is 9.72. The van der Waals surface area contributed by atoms with E-state index in [2.05, 4.69) is 4.74 Å². The van der Waals surface area contributed by atoms with Gasteiger partial charge >= 0.3 is 12.3 Å². The van der Waals surface area contributed by atoms with Crippen LogP contribution in [0.3, 0.4) is 0 Å². The number of methoxy groups -OCH3 is 1. The molecule has 4 rings (SSSR count). The van der Waals surface area contributed by atoms with E-state index < -0.39 is 12.1 Å². The number of carbonyl (C=O) groups excluding carboxylic acids is 1. The van der Waals surface area contributed by atoms with Gasteiger partial charge in [0, 0.05) is 12.1 Å². The molecule has 1 atom stereocenters. The van der Waals surface area contributed by atoms with Crippen LogP contribution in [0.5, 0.6) is 5.75 Å². The van der Waals surface area contributed by atoms with E-state index in [0.29, 0.717) is 17.9 Å². The van der Waals surface area contributed by atoms with Crippen molar-refractivity contribution in [2.45, 2.75) is 56.3 Å². The second kappa shape index (κ2) is 9.78. The number of alkyl halides is 3. The molecule has 0 N–H and O–H groups in total. The summed E-state index contributed by atoms with van der Waals surface area (Å²) in [6.45, 7) is 0. The van der Waals surface area contributed by atoms with Crippen LogP contribution in [0.1, 0.15) is 59.5 Å². The Morgan fingerprint density at radius 2 is 1.74 bits per heavy atom. The van der Waals surface area contributed by atoms with Gasteiger partial charge < -0.3 is 9.47 Å². The molecule has 0 amide bonds. The summed E-state index contributed by atoms with van der Waals surface area (Å²) in [6.07, 6.45) is 2.59. The summed E-state index contributed by atoms with van der Waals surface area (Å²) in [5.41, 5.74) is 2.36. The number of aliphatic imine (C=N–C) groups is 1. The summed E-state index contributed by atoms with van der Waals surface area (Å²) >= 11 is 12.0. The highest BCUT2D eigenvalue weighted by Crippen LogP contribution is 2.46. The van der Waals surface area contributed by atoms with Crippen molar-refractivity contribution in [2.75, 3.05) is 7.11 Å². The molecule has 1 heterocycles. The van der Waals surface area contributed by atoms with E-state index in [1.165, 1.54) is 19.2 Å². The molecular weight excluding hydrogens is 490 g/mol. The predicted octanol–water partition coefficient (Wildman–Crippen LogP) is 7.41. The van der Waals surface area contributed by atoms with Crippen molar-refractivity contribution in [3.63, 3.8) is 0 Å². The van der Waals surface area contributed by atoms with E-state index >= 15 is 0 Å². The third-order valence-corrected chi connectivity index (χ3v) is 7.29. The van der Waals surface area contributed by atoms with E-state index in [-0.39, 0.29) is 27.5 Å². The molecule has 0 aromatic heterocycles. The quantitative estimate of drug-likeness (QED) is 0.391. The first kappa shape index (κ1) is 24.9. The van der Waals surface area contributed by atoms with E-state index in [4.69, 9.17) is 32.9 Å². The van der Waals surface area contributed by atoms with E-state index in [1.54, 1.807) is 12.1 Å². The van der Waals surface area contributed by atoms with Crippen molar-refractivity contribution in [3.8, 4) is 5.75 Å². The summed E-state index contributed by atoms with van der Waals surface area (Å²) in [5, 5.41) is -0.290. The van der Waals surface area contributed by atoms with Gasteiger partial charge in [-0.2, -0.15) is 0 Å². The van der Waals surface area contributed by atoms with Crippen molar-refractivity contribution >= 4 is 35.4 Å². The minimum absolute atomic E-state index is 0.0815. The Bertz CT molecular complexity index is 1050. The van der Waals surface area contributed by atoms with Crippen LogP contribution in [0.15, 0.2) is 41.4 Å². The van der Waals surface area contributed by atoms with Crippen molar-refractivity contribution in [3.05, 3.63) is 63.1 Å². The molecule has 182 valence electrons. The molecular formula is C25H24Cl2F3NO3. The normalized spacial score (nSPS) is 24.4. The fourth-order valence-electron chi connectivity index (χ4n) is 4.98. The van der Waals surface area contributed by atoms with Crippen LogP contribution in [0.4, 0.5) is 13.2 Å². The minimum Gasteiger partial charge on any atom is -0.465 e. The smallest absolute Gasteiger partial charge is 0.465 e. The molecule has 1 fully saturated rings. The van der Waals surface area contributed by atoms with Crippen LogP contribution in [-0.2, 0) is 11.2 Å². The highest BCUT2D eigenvalue weighted by Gasteiger charge is 2.40. The number of hydrogen-bond donors (Lipinski definition) is 0. The molecule has 0 saturated heterocycles. The monoisotopic (exact) mass is 513 g/mol. The minimum atomic E-state index is -4.85. The Hall–Kier alpha value is -2.25. The van der Waals surface area contributed by atoms with Crippen molar-refractivity contribution in [2.24, 2.45) is 10.9 Å². The second-order valence-corrected chi connectivity index (χ2v) is 9.83. The van der Waals surface area contributed by atoms with Gasteiger partial charge in [0.25, 0.3) is 0 Å². The molecule has 9 heteroatoms. The predicted molar refractivity (Wildman–Crippen MR) is 125 cm³/mol. The summed E-state index contributed by atoms with van der Waals surface area (Å²) in [5.74, 6) is -0.331. The number of rotatable bonds is 5. The van der Waals surface area contributed by atoms with E-state index in [1.807, 2.05) is 18.3 Å². The number of benzene rings is 2. The Labute approximate surface area is 206 Å². The standard InChI is InChI=1S/C25H24Cl2F3NO3/c1-33-23(32)18-4-2-17(3-5-18)19-13-24(31-14-19)8-6-15(7-9-24)10-16-11-20(26)22(21(27)12-16)34-25(28,29)30/h2-5,11-12,14-15,19H,6-10,13H2,1H3. The van der Waals surface area contributed by atoms with Gasteiger partial charge in [0.1, 0.15) is 0 Å². The summed E-state index contributed by atoms with van der Waals surface area (Å²) < 4.78 is 46.3. The molecule has 0 bridgehead atoms. The van der Waals surface area contributed by atoms with Crippen LogP contribution < -0.4 is 4.74 Å². The second-order valence-electron chi connectivity index (χ2n) is 9.01. The fourth-order valence-corrected chi connectivity index (χ4v) is 5.59. The molecule has 1 saturated carbocycles. The average molecular weight is 514 g/mol. The largest absolute Gasteiger partial charge is 0.573 e. The van der Waals surface area contributed by atoms with Gasteiger partial charge in [0.15, 0.2) is 5.75 Å². The Kier molecular flexibility index (Phi) is 7.15. The molecule has 2 aliphatic rings. The van der Waals surface area contributed by atoms with Gasteiger partial charge in [-0.05, 0) is 79.8 Å². The maximum atomic E-state index is 12.6. The van der Waals surface area contributed by atoms with Gasteiger partial charge in [0.05, 0.1) is 28.3 Å². The molecule has 0 radical (unpaired) electrons. The zero-order chi connectivity index (χ0) is 24.5. The SMILES string of the molecule is COC(=O)c1ccc(C2C=NC3(CCC(Cc4cc(Cl)c(OC(F)(F)F)c(Cl)c4)CC3)C2)cc1. The zero-order valence-electron chi connectivity index (χ0n) is 18.5. The van der Waals surface area contributed by atoms with Gasteiger partial charge in [-0.3, -0.25) is 4.99 Å². The number of carbonyl (C=O) groups is 1. The number of esters is 1. The lowest BCUT2D eigenvalue weighted by Gasteiger charge is -2.36. The molecule has 34 heavy (non-hydrogen) atoms. The highest BCUT2D eigenvalue weighted by molar-refractivity contribution is 6.37. The Morgan fingerprint density at radius 1 is 1.12 bits per heavy atom. The van der Waals surface area contributed by atoms with E-state index in [0.717, 1.165) is 43.2 Å². The highest BCUT2D eigenvalue weighted by atomic mass is 35.5. The first-order valence-corrected chi connectivity index (χ1v) is 11.8. The number of nitrogens with zero attached hydrogens (tertiary/aromatic N) is 1. The molecule has 2 aromatic carbocycles. The Balaban J connectivity index is 1.34. The van der Waals surface area contributed by atoms with Crippen LogP contribution in [-0.4, -0.2) is 31.2 Å². The summed E-state index contributed by atoms with van der Waals surface area (Å²) in [4.78, 5) is 16.5. The van der Waals surface area contributed by atoms with Gasteiger partial charge in [0.2, 0.25) is 0 Å². The summed E-state index contributed by atoms with van der Waals surface area (Å²) in [7, 11) is 1.36. The molecule has 4 nitrogen and oxygen atoms in total. The maximum absolute atomic E-state index is 12.6. The van der Waals surface area contributed by atoms with Crippen LogP contribution in [0, 0.1) is 5.92 Å². The fraction of sp³-hybridized carbons (Fsp3) is 0.440. The van der Waals surface area contributed by atoms with Crippen molar-refractivity contribution < 1.29 is 27.4 Å². The average Bonchev–Trinajstić information content (AvgIpc) is 3.21. The van der Waals surface area contributed by atoms with E-state index in [9.17, 15) is 18.0 Å². The van der Waals surface area contributed by atoms with Crippen LogP contribution in [0.25, 0.3) is 0 Å². The van der Waals surface area contributed by atoms with Gasteiger partial charge in [-0.25, -0.2) is 4.79 Å². The molecule has 2 aromatic rings. The van der Waals surface area contributed by atoms with Gasteiger partial charge in [-0.1, -0.05) is 35.3 Å². The lowest BCUT2D eigenvalue weighted by Crippen LogP contribution is -2.31. The lowest BCUT2D eigenvalue weighted by molar-refractivity contribution is -0.274. The maximum Gasteiger partial charge on any atom is 0.573 e. The van der Waals surface area contributed by atoms with Crippen molar-refractivity contribution in [1.29, 1.82) is 0 Å². The molecule has 1 unspecified atom stereocenters.